The Bertz CT molecular complexity index is 593. The Kier molecular flexibility index (Phi) is 3.28. The van der Waals surface area contributed by atoms with Gasteiger partial charge < -0.3 is 11.5 Å². The van der Waals surface area contributed by atoms with E-state index in [-0.39, 0.29) is 12.2 Å². The van der Waals surface area contributed by atoms with Gasteiger partial charge in [-0.1, -0.05) is 12.1 Å². The van der Waals surface area contributed by atoms with Crippen molar-refractivity contribution in [2.75, 3.05) is 11.5 Å². The van der Waals surface area contributed by atoms with Crippen LogP contribution in [0.25, 0.3) is 0 Å². The van der Waals surface area contributed by atoms with Gasteiger partial charge >= 0.3 is 0 Å². The van der Waals surface area contributed by atoms with Gasteiger partial charge in [0.05, 0.1) is 0 Å². The van der Waals surface area contributed by atoms with Crippen LogP contribution in [0.1, 0.15) is 21.5 Å². The van der Waals surface area contributed by atoms with E-state index in [9.17, 15) is 4.79 Å². The van der Waals surface area contributed by atoms with Gasteiger partial charge in [0, 0.05) is 41.3 Å². The maximum atomic E-state index is 12.1. The first kappa shape index (κ1) is 12.1. The van der Waals surface area contributed by atoms with E-state index in [1.165, 1.54) is 0 Å². The predicted molar refractivity (Wildman–Crippen MR) is 72.3 cm³/mol. The Morgan fingerprint density at radius 2 is 2.00 bits per heavy atom. The number of pyridine rings is 1. The van der Waals surface area contributed by atoms with Crippen molar-refractivity contribution in [3.63, 3.8) is 0 Å². The number of nitrogens with two attached hydrogens (primary N) is 2. The minimum absolute atomic E-state index is 0.0126. The number of carbonyl (C=O) groups excluding carboxylic acids is 1. The van der Waals surface area contributed by atoms with Gasteiger partial charge in [0.1, 0.15) is 0 Å². The molecule has 0 saturated heterocycles. The Labute approximate surface area is 106 Å². The molecule has 1 heterocycles. The third-order valence-electron chi connectivity index (χ3n) is 2.89. The molecule has 0 unspecified atom stereocenters. The number of Topliss-reactive ketones (excluding diaryl/α,β-unsaturated/α-hetero) is 1. The molecule has 4 heteroatoms. The topological polar surface area (TPSA) is 82.0 Å². The number of benzene rings is 1. The molecule has 0 bridgehead atoms. The molecule has 0 aliphatic heterocycles. The van der Waals surface area contributed by atoms with Crippen LogP contribution < -0.4 is 11.5 Å². The van der Waals surface area contributed by atoms with Crippen molar-refractivity contribution in [1.82, 2.24) is 4.98 Å². The second-order valence-corrected chi connectivity index (χ2v) is 4.25. The van der Waals surface area contributed by atoms with Crippen LogP contribution in [-0.4, -0.2) is 10.8 Å². The Morgan fingerprint density at radius 3 is 2.67 bits per heavy atom. The fourth-order valence-corrected chi connectivity index (χ4v) is 1.67. The van der Waals surface area contributed by atoms with Crippen molar-refractivity contribution in [3.05, 3.63) is 53.3 Å². The molecule has 2 rings (SSSR count). The number of ketones is 1. The molecule has 0 atom stereocenters. The lowest BCUT2D eigenvalue weighted by Crippen LogP contribution is -2.07. The van der Waals surface area contributed by atoms with Gasteiger partial charge in [-0.15, -0.1) is 0 Å². The van der Waals surface area contributed by atoms with Crippen LogP contribution in [0.4, 0.5) is 11.4 Å². The molecule has 0 amide bonds. The van der Waals surface area contributed by atoms with Crippen molar-refractivity contribution in [2.45, 2.75) is 13.3 Å². The maximum Gasteiger partial charge on any atom is 0.167 e. The number of aryl methyl sites for hydroxylation is 1. The largest absolute Gasteiger partial charge is 0.398 e. The van der Waals surface area contributed by atoms with Crippen LogP contribution >= 0.6 is 0 Å². The van der Waals surface area contributed by atoms with Crippen molar-refractivity contribution >= 4 is 17.2 Å². The summed E-state index contributed by atoms with van der Waals surface area (Å²) >= 11 is 0. The summed E-state index contributed by atoms with van der Waals surface area (Å²) in [4.78, 5) is 16.1. The normalized spacial score (nSPS) is 10.3. The molecule has 0 radical (unpaired) electrons. The molecule has 1 aromatic heterocycles. The summed E-state index contributed by atoms with van der Waals surface area (Å²) < 4.78 is 0. The Hall–Kier alpha value is -2.36. The summed E-state index contributed by atoms with van der Waals surface area (Å²) in [5, 5.41) is 0. The van der Waals surface area contributed by atoms with E-state index in [1.54, 1.807) is 30.6 Å². The quantitative estimate of drug-likeness (QED) is 0.636. The number of carbonyl (C=O) groups is 1. The van der Waals surface area contributed by atoms with Crippen molar-refractivity contribution in [2.24, 2.45) is 0 Å². The second-order valence-electron chi connectivity index (χ2n) is 4.25. The van der Waals surface area contributed by atoms with Crippen LogP contribution in [0.2, 0.25) is 0 Å². The van der Waals surface area contributed by atoms with Crippen LogP contribution in [0.5, 0.6) is 0 Å². The number of aromatic nitrogens is 1. The lowest BCUT2D eigenvalue weighted by Gasteiger charge is -2.06. The van der Waals surface area contributed by atoms with Gasteiger partial charge in [-0.3, -0.25) is 9.78 Å². The number of nitrogen functional groups attached to an aromatic ring is 2. The SMILES string of the molecule is Cc1ccc(C(=O)Cc2cnccc2N)cc1N. The molecule has 0 fully saturated rings. The zero-order chi connectivity index (χ0) is 13.1. The van der Waals surface area contributed by atoms with E-state index in [2.05, 4.69) is 4.98 Å². The van der Waals surface area contributed by atoms with Crippen LogP contribution in [0.15, 0.2) is 36.7 Å². The first-order valence-corrected chi connectivity index (χ1v) is 5.65. The number of rotatable bonds is 3. The highest BCUT2D eigenvalue weighted by Crippen LogP contribution is 2.17. The summed E-state index contributed by atoms with van der Waals surface area (Å²) in [5.41, 5.74) is 15.1. The lowest BCUT2D eigenvalue weighted by molar-refractivity contribution is 0.0993. The molecule has 0 saturated carbocycles. The number of hydrogen-bond acceptors (Lipinski definition) is 4. The van der Waals surface area contributed by atoms with Gasteiger partial charge in [-0.05, 0) is 24.6 Å². The van der Waals surface area contributed by atoms with E-state index < -0.39 is 0 Å². The second kappa shape index (κ2) is 4.87. The molecule has 0 aliphatic carbocycles. The summed E-state index contributed by atoms with van der Waals surface area (Å²) in [6, 6.07) is 7.01. The minimum atomic E-state index is -0.0126. The molecule has 92 valence electrons. The minimum Gasteiger partial charge on any atom is -0.398 e. The summed E-state index contributed by atoms with van der Waals surface area (Å²) in [5.74, 6) is -0.0126. The van der Waals surface area contributed by atoms with E-state index in [0.717, 1.165) is 11.1 Å². The zero-order valence-electron chi connectivity index (χ0n) is 10.2. The third kappa shape index (κ3) is 2.48. The molecule has 4 N–H and O–H groups in total. The average molecular weight is 241 g/mol. The molecule has 18 heavy (non-hydrogen) atoms. The van der Waals surface area contributed by atoms with E-state index in [0.29, 0.717) is 16.9 Å². The highest BCUT2D eigenvalue weighted by molar-refractivity contribution is 5.98. The molecule has 0 aliphatic rings. The van der Waals surface area contributed by atoms with Crippen LogP contribution in [0, 0.1) is 6.92 Å². The van der Waals surface area contributed by atoms with Crippen molar-refractivity contribution < 1.29 is 4.79 Å². The summed E-state index contributed by atoms with van der Waals surface area (Å²) in [7, 11) is 0. The van der Waals surface area contributed by atoms with Gasteiger partial charge in [0.15, 0.2) is 5.78 Å². The maximum absolute atomic E-state index is 12.1. The lowest BCUT2D eigenvalue weighted by atomic mass is 10.0. The van der Waals surface area contributed by atoms with Crippen molar-refractivity contribution in [1.29, 1.82) is 0 Å². The highest BCUT2D eigenvalue weighted by atomic mass is 16.1. The molecular weight excluding hydrogens is 226 g/mol. The number of nitrogens with zero attached hydrogens (tertiary/aromatic N) is 1. The fourth-order valence-electron chi connectivity index (χ4n) is 1.67. The fraction of sp³-hybridized carbons (Fsp3) is 0.143. The van der Waals surface area contributed by atoms with Gasteiger partial charge in [0.2, 0.25) is 0 Å². The zero-order valence-corrected chi connectivity index (χ0v) is 10.2. The summed E-state index contributed by atoms with van der Waals surface area (Å²) in [6.45, 7) is 1.91. The van der Waals surface area contributed by atoms with Crippen LogP contribution in [0.3, 0.4) is 0 Å². The van der Waals surface area contributed by atoms with E-state index >= 15 is 0 Å². The van der Waals surface area contributed by atoms with Gasteiger partial charge in [0.25, 0.3) is 0 Å². The third-order valence-corrected chi connectivity index (χ3v) is 2.89. The Morgan fingerprint density at radius 1 is 1.22 bits per heavy atom. The summed E-state index contributed by atoms with van der Waals surface area (Å²) in [6.07, 6.45) is 3.46. The number of anilines is 2. The van der Waals surface area contributed by atoms with E-state index in [1.807, 2.05) is 13.0 Å². The smallest absolute Gasteiger partial charge is 0.167 e. The van der Waals surface area contributed by atoms with Gasteiger partial charge in [-0.2, -0.15) is 0 Å². The highest BCUT2D eigenvalue weighted by Gasteiger charge is 2.10. The predicted octanol–water partition coefficient (Wildman–Crippen LogP) is 1.98. The standard InChI is InChI=1S/C14H15N3O/c1-9-2-3-10(6-13(9)16)14(18)7-11-8-17-5-4-12(11)15/h2-6,8H,7,16H2,1H3,(H2,15,17). The molecule has 0 spiro atoms. The first-order valence-electron chi connectivity index (χ1n) is 5.65. The Balaban J connectivity index is 2.22. The average Bonchev–Trinajstić information content (AvgIpc) is 2.35. The molecule has 2 aromatic rings. The van der Waals surface area contributed by atoms with Gasteiger partial charge in [-0.25, -0.2) is 0 Å². The van der Waals surface area contributed by atoms with Crippen molar-refractivity contribution in [3.8, 4) is 0 Å². The molecular formula is C14H15N3O. The number of hydrogen-bond donors (Lipinski definition) is 2. The monoisotopic (exact) mass is 241 g/mol. The first-order chi connectivity index (χ1) is 8.58. The molecule has 1 aromatic carbocycles. The molecule has 4 nitrogen and oxygen atoms in total. The van der Waals surface area contributed by atoms with E-state index in [4.69, 9.17) is 11.5 Å². The van der Waals surface area contributed by atoms with Crippen LogP contribution in [-0.2, 0) is 6.42 Å².